The van der Waals surface area contributed by atoms with Crippen molar-refractivity contribution in [1.82, 2.24) is 0 Å². The van der Waals surface area contributed by atoms with Crippen molar-refractivity contribution in [2.24, 2.45) is 0 Å². The zero-order valence-electron chi connectivity index (χ0n) is 12.3. The Balaban J connectivity index is 2.19. The molecule has 1 aliphatic rings. The Morgan fingerprint density at radius 3 is 1.95 bits per heavy atom. The Hall–Kier alpha value is -2.13. The van der Waals surface area contributed by atoms with Crippen LogP contribution in [-0.2, 0) is 19.7 Å². The Morgan fingerprint density at radius 1 is 0.952 bits per heavy atom. The molecule has 108 valence electrons. The summed E-state index contributed by atoms with van der Waals surface area (Å²) < 4.78 is 10.9. The molecule has 0 aliphatic heterocycles. The first-order valence-electron chi connectivity index (χ1n) is 7.01. The standard InChI is InChI=1S/C18H18O3/c1-13(19)21-12-18(11-20-2)16-9-5-3-7-14(16)15-8-4-6-10-17(15)18/h3-10H,11-12H2,1-2H3. The molecule has 0 N–H and O–H groups in total. The summed E-state index contributed by atoms with van der Waals surface area (Å²) >= 11 is 0. The van der Waals surface area contributed by atoms with Gasteiger partial charge in [-0.25, -0.2) is 0 Å². The van der Waals surface area contributed by atoms with E-state index in [0.29, 0.717) is 13.2 Å². The third-order valence-corrected chi connectivity index (χ3v) is 4.09. The molecule has 0 saturated heterocycles. The lowest BCUT2D eigenvalue weighted by Crippen LogP contribution is -2.36. The lowest BCUT2D eigenvalue weighted by molar-refractivity contribution is -0.143. The Bertz CT molecular complexity index is 630. The van der Waals surface area contributed by atoms with E-state index in [4.69, 9.17) is 9.47 Å². The second-order valence-electron chi connectivity index (χ2n) is 5.39. The molecule has 3 nitrogen and oxygen atoms in total. The molecule has 2 aromatic carbocycles. The maximum absolute atomic E-state index is 11.3. The fourth-order valence-electron chi connectivity index (χ4n) is 3.24. The lowest BCUT2D eigenvalue weighted by Gasteiger charge is -2.30. The van der Waals surface area contributed by atoms with Gasteiger partial charge in [-0.1, -0.05) is 48.5 Å². The summed E-state index contributed by atoms with van der Waals surface area (Å²) in [6.45, 7) is 2.21. The quantitative estimate of drug-likeness (QED) is 0.808. The number of esters is 1. The van der Waals surface area contributed by atoms with E-state index in [9.17, 15) is 4.79 Å². The summed E-state index contributed by atoms with van der Waals surface area (Å²) in [6.07, 6.45) is 0. The molecule has 0 atom stereocenters. The van der Waals surface area contributed by atoms with Gasteiger partial charge in [-0.15, -0.1) is 0 Å². The van der Waals surface area contributed by atoms with Gasteiger partial charge < -0.3 is 9.47 Å². The predicted octanol–water partition coefficient (Wildman–Crippen LogP) is 3.16. The molecular formula is C18H18O3. The minimum atomic E-state index is -0.423. The van der Waals surface area contributed by atoms with Gasteiger partial charge in [-0.05, 0) is 22.3 Å². The number of ether oxygens (including phenoxy) is 2. The molecule has 0 heterocycles. The first-order valence-corrected chi connectivity index (χ1v) is 7.01. The third kappa shape index (κ3) is 2.14. The number of fused-ring (bicyclic) bond motifs is 3. The molecular weight excluding hydrogens is 264 g/mol. The minimum absolute atomic E-state index is 0.271. The van der Waals surface area contributed by atoms with E-state index in [-0.39, 0.29) is 5.97 Å². The van der Waals surface area contributed by atoms with Crippen LogP contribution < -0.4 is 0 Å². The number of benzene rings is 2. The van der Waals surface area contributed by atoms with Crippen molar-refractivity contribution < 1.29 is 14.3 Å². The van der Waals surface area contributed by atoms with Crippen molar-refractivity contribution in [3.8, 4) is 11.1 Å². The smallest absolute Gasteiger partial charge is 0.302 e. The summed E-state index contributed by atoms with van der Waals surface area (Å²) in [5, 5.41) is 0. The van der Waals surface area contributed by atoms with Gasteiger partial charge >= 0.3 is 5.97 Å². The molecule has 0 spiro atoms. The Labute approximate surface area is 124 Å². The van der Waals surface area contributed by atoms with E-state index < -0.39 is 5.41 Å². The fourth-order valence-corrected chi connectivity index (χ4v) is 3.24. The second kappa shape index (κ2) is 5.34. The SMILES string of the molecule is COCC1(COC(C)=O)c2ccccc2-c2ccccc21. The van der Waals surface area contributed by atoms with Crippen LogP contribution in [0.1, 0.15) is 18.1 Å². The van der Waals surface area contributed by atoms with Crippen LogP contribution in [0.5, 0.6) is 0 Å². The number of methoxy groups -OCH3 is 1. The Kier molecular flexibility index (Phi) is 3.52. The average molecular weight is 282 g/mol. The average Bonchev–Trinajstić information content (AvgIpc) is 2.78. The van der Waals surface area contributed by atoms with Crippen LogP contribution in [0.2, 0.25) is 0 Å². The Morgan fingerprint density at radius 2 is 1.48 bits per heavy atom. The van der Waals surface area contributed by atoms with Gasteiger partial charge in [0.2, 0.25) is 0 Å². The molecule has 0 bridgehead atoms. The van der Waals surface area contributed by atoms with Gasteiger partial charge in [0, 0.05) is 14.0 Å². The summed E-state index contributed by atoms with van der Waals surface area (Å²) in [7, 11) is 1.68. The van der Waals surface area contributed by atoms with Crippen LogP contribution in [0.4, 0.5) is 0 Å². The van der Waals surface area contributed by atoms with Crippen LogP contribution in [0.25, 0.3) is 11.1 Å². The predicted molar refractivity (Wildman–Crippen MR) is 81.2 cm³/mol. The van der Waals surface area contributed by atoms with E-state index in [1.165, 1.54) is 18.1 Å². The maximum atomic E-state index is 11.3. The van der Waals surface area contributed by atoms with Crippen molar-refractivity contribution in [1.29, 1.82) is 0 Å². The van der Waals surface area contributed by atoms with Crippen LogP contribution >= 0.6 is 0 Å². The molecule has 0 saturated carbocycles. The second-order valence-corrected chi connectivity index (χ2v) is 5.39. The summed E-state index contributed by atoms with van der Waals surface area (Å²) in [5.41, 5.74) is 4.28. The molecule has 3 rings (SSSR count). The molecule has 21 heavy (non-hydrogen) atoms. The van der Waals surface area contributed by atoms with Gasteiger partial charge in [-0.3, -0.25) is 4.79 Å². The minimum Gasteiger partial charge on any atom is -0.464 e. The van der Waals surface area contributed by atoms with Crippen LogP contribution in [0.3, 0.4) is 0 Å². The van der Waals surface area contributed by atoms with E-state index in [0.717, 1.165) is 11.1 Å². The largest absolute Gasteiger partial charge is 0.464 e. The molecule has 0 radical (unpaired) electrons. The third-order valence-electron chi connectivity index (χ3n) is 4.09. The van der Waals surface area contributed by atoms with Gasteiger partial charge in [-0.2, -0.15) is 0 Å². The van der Waals surface area contributed by atoms with Gasteiger partial charge in [0.25, 0.3) is 0 Å². The van der Waals surface area contributed by atoms with E-state index >= 15 is 0 Å². The molecule has 0 unspecified atom stereocenters. The normalized spacial score (nSPS) is 14.4. The first kappa shape index (κ1) is 13.8. The summed E-state index contributed by atoms with van der Waals surface area (Å²) in [4.78, 5) is 11.3. The van der Waals surface area contributed by atoms with Gasteiger partial charge in [0.1, 0.15) is 6.61 Å². The molecule has 3 heteroatoms. The highest BCUT2D eigenvalue weighted by Crippen LogP contribution is 2.49. The highest BCUT2D eigenvalue weighted by atomic mass is 16.5. The van der Waals surface area contributed by atoms with E-state index in [1.54, 1.807) is 7.11 Å². The molecule has 0 amide bonds. The number of hydrogen-bond acceptors (Lipinski definition) is 3. The highest BCUT2D eigenvalue weighted by Gasteiger charge is 2.44. The number of rotatable bonds is 4. The molecule has 0 fully saturated rings. The number of carbonyl (C=O) groups excluding carboxylic acids is 1. The maximum Gasteiger partial charge on any atom is 0.302 e. The zero-order valence-corrected chi connectivity index (χ0v) is 12.3. The first-order chi connectivity index (χ1) is 10.2. The van der Waals surface area contributed by atoms with Crippen molar-refractivity contribution in [3.05, 3.63) is 59.7 Å². The molecule has 1 aliphatic carbocycles. The van der Waals surface area contributed by atoms with Crippen molar-refractivity contribution in [2.45, 2.75) is 12.3 Å². The molecule has 0 aromatic heterocycles. The van der Waals surface area contributed by atoms with Crippen molar-refractivity contribution in [2.75, 3.05) is 20.3 Å². The van der Waals surface area contributed by atoms with Crippen molar-refractivity contribution in [3.63, 3.8) is 0 Å². The molecule has 2 aromatic rings. The van der Waals surface area contributed by atoms with Crippen molar-refractivity contribution >= 4 is 5.97 Å². The van der Waals surface area contributed by atoms with E-state index in [1.807, 2.05) is 24.3 Å². The van der Waals surface area contributed by atoms with E-state index in [2.05, 4.69) is 24.3 Å². The zero-order chi connectivity index (χ0) is 14.9. The van der Waals surface area contributed by atoms with Crippen LogP contribution in [0, 0.1) is 0 Å². The lowest BCUT2D eigenvalue weighted by atomic mass is 9.79. The van der Waals surface area contributed by atoms with Gasteiger partial charge in [0.05, 0.1) is 12.0 Å². The monoisotopic (exact) mass is 282 g/mol. The van der Waals surface area contributed by atoms with Crippen LogP contribution in [0.15, 0.2) is 48.5 Å². The summed E-state index contributed by atoms with van der Waals surface area (Å²) in [6, 6.07) is 16.5. The fraction of sp³-hybridized carbons (Fsp3) is 0.278. The van der Waals surface area contributed by atoms with Crippen LogP contribution in [-0.4, -0.2) is 26.3 Å². The number of hydrogen-bond donors (Lipinski definition) is 0. The highest BCUT2D eigenvalue weighted by molar-refractivity contribution is 5.81. The number of carbonyl (C=O) groups is 1. The topological polar surface area (TPSA) is 35.5 Å². The van der Waals surface area contributed by atoms with Gasteiger partial charge in [0.15, 0.2) is 0 Å². The summed E-state index contributed by atoms with van der Waals surface area (Å²) in [5.74, 6) is -0.271.